The molecule has 100 valence electrons. The fourth-order valence-electron chi connectivity index (χ4n) is 2.92. The highest BCUT2D eigenvalue weighted by Crippen LogP contribution is 2.44. The van der Waals surface area contributed by atoms with Crippen LogP contribution in [0.5, 0.6) is 5.75 Å². The summed E-state index contributed by atoms with van der Waals surface area (Å²) in [6.07, 6.45) is 0.277. The Morgan fingerprint density at radius 2 is 2.00 bits per heavy atom. The molecule has 0 radical (unpaired) electrons. The standard InChI is InChI=1S/C15H22O3/c1-8-4-13-11(9(2)7-16)5-15(18)10(3)12(13)6-14(8)17/h4,6,9-11,15-18H,5,7H2,1-3H3/t9?,10-,11+,15+/m1/s1. The van der Waals surface area contributed by atoms with Crippen molar-refractivity contribution >= 4 is 0 Å². The summed E-state index contributed by atoms with van der Waals surface area (Å²) in [5, 5.41) is 29.3. The third kappa shape index (κ3) is 2.13. The fraction of sp³-hybridized carbons (Fsp3) is 0.600. The highest BCUT2D eigenvalue weighted by Gasteiger charge is 2.34. The molecule has 3 nitrogen and oxygen atoms in total. The maximum absolute atomic E-state index is 10.1. The largest absolute Gasteiger partial charge is 0.508 e. The van der Waals surface area contributed by atoms with Gasteiger partial charge in [-0.15, -0.1) is 0 Å². The Balaban J connectivity index is 2.52. The quantitative estimate of drug-likeness (QED) is 0.754. The van der Waals surface area contributed by atoms with E-state index in [-0.39, 0.29) is 30.1 Å². The summed E-state index contributed by atoms with van der Waals surface area (Å²) in [7, 11) is 0. The molecule has 0 saturated carbocycles. The highest BCUT2D eigenvalue weighted by molar-refractivity contribution is 5.46. The zero-order valence-corrected chi connectivity index (χ0v) is 11.2. The van der Waals surface area contributed by atoms with Gasteiger partial charge in [-0.2, -0.15) is 0 Å². The number of phenols is 1. The van der Waals surface area contributed by atoms with Crippen molar-refractivity contribution in [2.75, 3.05) is 6.61 Å². The number of benzene rings is 1. The van der Waals surface area contributed by atoms with Crippen molar-refractivity contribution in [3.8, 4) is 5.75 Å². The molecule has 0 aliphatic heterocycles. The number of aryl methyl sites for hydroxylation is 1. The topological polar surface area (TPSA) is 60.7 Å². The van der Waals surface area contributed by atoms with E-state index in [2.05, 4.69) is 0 Å². The summed E-state index contributed by atoms with van der Waals surface area (Å²) < 4.78 is 0. The molecule has 0 bridgehead atoms. The van der Waals surface area contributed by atoms with Gasteiger partial charge in [-0.1, -0.05) is 19.9 Å². The van der Waals surface area contributed by atoms with E-state index < -0.39 is 6.10 Å². The molecule has 3 N–H and O–H groups in total. The third-order valence-corrected chi connectivity index (χ3v) is 4.34. The minimum Gasteiger partial charge on any atom is -0.508 e. The Labute approximate surface area is 108 Å². The first-order valence-electron chi connectivity index (χ1n) is 6.58. The summed E-state index contributed by atoms with van der Waals surface area (Å²) >= 11 is 0. The van der Waals surface area contributed by atoms with Crippen LogP contribution < -0.4 is 0 Å². The summed E-state index contributed by atoms with van der Waals surface area (Å²) in [5.41, 5.74) is 3.04. The number of hydrogen-bond donors (Lipinski definition) is 3. The van der Waals surface area contributed by atoms with Crippen LogP contribution in [0.3, 0.4) is 0 Å². The highest BCUT2D eigenvalue weighted by atomic mass is 16.3. The molecule has 18 heavy (non-hydrogen) atoms. The van der Waals surface area contributed by atoms with Gasteiger partial charge in [0, 0.05) is 12.5 Å². The first-order chi connectivity index (χ1) is 8.45. The molecular weight excluding hydrogens is 228 g/mol. The Morgan fingerprint density at radius 1 is 1.33 bits per heavy atom. The molecule has 0 amide bonds. The van der Waals surface area contributed by atoms with Crippen LogP contribution in [0, 0.1) is 12.8 Å². The fourth-order valence-corrected chi connectivity index (χ4v) is 2.92. The van der Waals surface area contributed by atoms with Gasteiger partial charge >= 0.3 is 0 Å². The number of aliphatic hydroxyl groups is 2. The number of phenolic OH excluding ortho intramolecular Hbond substituents is 1. The molecule has 3 heteroatoms. The predicted octanol–water partition coefficient (Wildman–Crippen LogP) is 2.28. The second kappa shape index (κ2) is 4.90. The lowest BCUT2D eigenvalue weighted by Gasteiger charge is -2.36. The molecular formula is C15H22O3. The van der Waals surface area contributed by atoms with Gasteiger partial charge < -0.3 is 15.3 Å². The van der Waals surface area contributed by atoms with Gasteiger partial charge in [-0.3, -0.25) is 0 Å². The van der Waals surface area contributed by atoms with Gasteiger partial charge in [0.25, 0.3) is 0 Å². The Hall–Kier alpha value is -1.06. The van der Waals surface area contributed by atoms with Crippen molar-refractivity contribution in [1.82, 2.24) is 0 Å². The lowest BCUT2D eigenvalue weighted by molar-refractivity contribution is 0.100. The first kappa shape index (κ1) is 13.4. The summed E-state index contributed by atoms with van der Waals surface area (Å²) in [6, 6.07) is 3.78. The maximum Gasteiger partial charge on any atom is 0.118 e. The Kier molecular flexibility index (Phi) is 3.64. The van der Waals surface area contributed by atoms with E-state index >= 15 is 0 Å². The van der Waals surface area contributed by atoms with Crippen molar-refractivity contribution < 1.29 is 15.3 Å². The number of aromatic hydroxyl groups is 1. The Bertz CT molecular complexity index is 442. The summed E-state index contributed by atoms with van der Waals surface area (Å²) in [6.45, 7) is 5.98. The average Bonchev–Trinajstić information content (AvgIpc) is 2.35. The van der Waals surface area contributed by atoms with E-state index in [0.29, 0.717) is 6.42 Å². The summed E-state index contributed by atoms with van der Waals surface area (Å²) in [5.74, 6) is 0.601. The lowest BCUT2D eigenvalue weighted by Crippen LogP contribution is -2.30. The molecule has 1 aliphatic rings. The second-order valence-electron chi connectivity index (χ2n) is 5.63. The van der Waals surface area contributed by atoms with Gasteiger partial charge in [-0.25, -0.2) is 0 Å². The molecule has 1 aromatic carbocycles. The number of hydrogen-bond acceptors (Lipinski definition) is 3. The van der Waals surface area contributed by atoms with Crippen molar-refractivity contribution in [3.05, 3.63) is 28.8 Å². The van der Waals surface area contributed by atoms with Gasteiger partial charge in [-0.05, 0) is 47.9 Å². The van der Waals surface area contributed by atoms with Gasteiger partial charge in [0.15, 0.2) is 0 Å². The first-order valence-corrected chi connectivity index (χ1v) is 6.58. The van der Waals surface area contributed by atoms with E-state index in [9.17, 15) is 15.3 Å². The molecule has 0 heterocycles. The zero-order chi connectivity index (χ0) is 13.4. The van der Waals surface area contributed by atoms with E-state index in [4.69, 9.17) is 0 Å². The van der Waals surface area contributed by atoms with Crippen LogP contribution in [0.1, 0.15) is 48.8 Å². The van der Waals surface area contributed by atoms with Gasteiger partial charge in [0.1, 0.15) is 5.75 Å². The van der Waals surface area contributed by atoms with Gasteiger partial charge in [0.05, 0.1) is 6.10 Å². The van der Waals surface area contributed by atoms with Crippen LogP contribution in [-0.2, 0) is 0 Å². The van der Waals surface area contributed by atoms with Crippen molar-refractivity contribution in [2.24, 2.45) is 5.92 Å². The smallest absolute Gasteiger partial charge is 0.118 e. The molecule has 0 fully saturated rings. The molecule has 4 atom stereocenters. The van der Waals surface area contributed by atoms with Crippen molar-refractivity contribution in [3.63, 3.8) is 0 Å². The van der Waals surface area contributed by atoms with E-state index in [1.807, 2.05) is 26.8 Å². The predicted molar refractivity (Wildman–Crippen MR) is 70.9 cm³/mol. The maximum atomic E-state index is 10.1. The molecule has 1 aromatic rings. The van der Waals surface area contributed by atoms with Crippen molar-refractivity contribution in [2.45, 2.75) is 45.1 Å². The normalized spacial score (nSPS) is 28.8. The van der Waals surface area contributed by atoms with Crippen LogP contribution in [0.15, 0.2) is 12.1 Å². The minimum absolute atomic E-state index is 0.0358. The van der Waals surface area contributed by atoms with Crippen LogP contribution in [0.4, 0.5) is 0 Å². The Morgan fingerprint density at radius 3 is 2.61 bits per heavy atom. The molecule has 0 spiro atoms. The van der Waals surface area contributed by atoms with E-state index in [1.165, 1.54) is 5.56 Å². The molecule has 0 saturated heterocycles. The van der Waals surface area contributed by atoms with E-state index in [0.717, 1.165) is 11.1 Å². The van der Waals surface area contributed by atoms with Crippen LogP contribution in [-0.4, -0.2) is 28.0 Å². The van der Waals surface area contributed by atoms with E-state index in [1.54, 1.807) is 6.07 Å². The lowest BCUT2D eigenvalue weighted by atomic mass is 9.71. The third-order valence-electron chi connectivity index (χ3n) is 4.34. The minimum atomic E-state index is -0.404. The molecule has 1 aliphatic carbocycles. The van der Waals surface area contributed by atoms with Crippen LogP contribution in [0.2, 0.25) is 0 Å². The number of aliphatic hydroxyl groups excluding tert-OH is 2. The second-order valence-corrected chi connectivity index (χ2v) is 5.63. The van der Waals surface area contributed by atoms with Gasteiger partial charge in [0.2, 0.25) is 0 Å². The molecule has 0 aromatic heterocycles. The summed E-state index contributed by atoms with van der Waals surface area (Å²) in [4.78, 5) is 0. The monoisotopic (exact) mass is 250 g/mol. The molecule has 1 unspecified atom stereocenters. The zero-order valence-electron chi connectivity index (χ0n) is 11.2. The van der Waals surface area contributed by atoms with Crippen LogP contribution in [0.25, 0.3) is 0 Å². The SMILES string of the molecule is Cc1cc2c(cc1O)[C@@H](C)[C@@H](O)C[C@H]2C(C)CO. The molecule has 2 rings (SSSR count). The number of fused-ring (bicyclic) bond motifs is 1. The average molecular weight is 250 g/mol. The number of rotatable bonds is 2. The van der Waals surface area contributed by atoms with Crippen molar-refractivity contribution in [1.29, 1.82) is 0 Å². The van der Waals surface area contributed by atoms with Crippen LogP contribution >= 0.6 is 0 Å².